The molecule has 6 heteroatoms. The molecule has 0 atom stereocenters. The highest BCUT2D eigenvalue weighted by Crippen LogP contribution is 2.30. The fourth-order valence-corrected chi connectivity index (χ4v) is 1.97. The number of nitrogens with zero attached hydrogens (tertiary/aromatic N) is 1. The zero-order valence-corrected chi connectivity index (χ0v) is 11.9. The number of ether oxygens (including phenoxy) is 2. The first-order chi connectivity index (χ1) is 9.67. The van der Waals surface area contributed by atoms with Crippen LogP contribution in [0.25, 0.3) is 0 Å². The van der Waals surface area contributed by atoms with Crippen LogP contribution in [0.4, 0.5) is 10.1 Å². The van der Waals surface area contributed by atoms with Gasteiger partial charge in [-0.15, -0.1) is 0 Å². The van der Waals surface area contributed by atoms with E-state index in [9.17, 15) is 4.39 Å². The zero-order valence-electron chi connectivity index (χ0n) is 11.1. The molecule has 2 aromatic rings. The van der Waals surface area contributed by atoms with E-state index in [4.69, 9.17) is 21.1 Å². The number of pyridine rings is 1. The van der Waals surface area contributed by atoms with E-state index in [1.54, 1.807) is 31.5 Å². The van der Waals surface area contributed by atoms with Crippen LogP contribution in [0.3, 0.4) is 0 Å². The molecule has 0 radical (unpaired) electrons. The largest absolute Gasteiger partial charge is 0.493 e. The average molecular weight is 297 g/mol. The van der Waals surface area contributed by atoms with E-state index in [1.165, 1.54) is 13.2 Å². The molecule has 4 nitrogen and oxygen atoms in total. The predicted molar refractivity (Wildman–Crippen MR) is 76.1 cm³/mol. The lowest BCUT2D eigenvalue weighted by atomic mass is 10.2. The number of hydrogen-bond acceptors (Lipinski definition) is 4. The first-order valence-electron chi connectivity index (χ1n) is 5.91. The summed E-state index contributed by atoms with van der Waals surface area (Å²) < 4.78 is 24.2. The molecule has 0 aliphatic heterocycles. The van der Waals surface area contributed by atoms with Crippen molar-refractivity contribution < 1.29 is 13.9 Å². The lowest BCUT2D eigenvalue weighted by molar-refractivity contribution is 0.350. The Kier molecular flexibility index (Phi) is 4.63. The SMILES string of the molecule is COc1ccnc(CNc2cccc(Cl)c2F)c1OC. The van der Waals surface area contributed by atoms with Gasteiger partial charge in [-0.25, -0.2) is 4.39 Å². The standard InChI is InChI=1S/C14H14ClFN2O2/c1-19-12-6-7-17-11(14(12)20-2)8-18-10-5-3-4-9(15)13(10)16/h3-7,18H,8H2,1-2H3. The van der Waals surface area contributed by atoms with E-state index in [2.05, 4.69) is 10.3 Å². The third kappa shape index (κ3) is 2.93. The highest BCUT2D eigenvalue weighted by atomic mass is 35.5. The Bertz CT molecular complexity index is 608. The highest BCUT2D eigenvalue weighted by Gasteiger charge is 2.12. The van der Waals surface area contributed by atoms with Crippen molar-refractivity contribution in [3.05, 3.63) is 47.0 Å². The second-order valence-corrected chi connectivity index (χ2v) is 4.36. The number of benzene rings is 1. The first kappa shape index (κ1) is 14.4. The Hall–Kier alpha value is -2.01. The predicted octanol–water partition coefficient (Wildman–Crippen LogP) is 3.50. The Morgan fingerprint density at radius 3 is 2.75 bits per heavy atom. The van der Waals surface area contributed by atoms with Gasteiger partial charge in [0.25, 0.3) is 0 Å². The van der Waals surface area contributed by atoms with E-state index < -0.39 is 5.82 Å². The number of nitrogens with one attached hydrogen (secondary N) is 1. The summed E-state index contributed by atoms with van der Waals surface area (Å²) in [4.78, 5) is 4.20. The van der Waals surface area contributed by atoms with Gasteiger partial charge in [-0.1, -0.05) is 17.7 Å². The van der Waals surface area contributed by atoms with E-state index in [0.717, 1.165) is 0 Å². The molecule has 1 heterocycles. The summed E-state index contributed by atoms with van der Waals surface area (Å²) in [7, 11) is 3.08. The Balaban J connectivity index is 2.21. The topological polar surface area (TPSA) is 43.4 Å². The van der Waals surface area contributed by atoms with Crippen LogP contribution in [-0.4, -0.2) is 19.2 Å². The van der Waals surface area contributed by atoms with Crippen LogP contribution in [0.2, 0.25) is 5.02 Å². The summed E-state index contributed by atoms with van der Waals surface area (Å²) in [5.74, 6) is 0.604. The van der Waals surface area contributed by atoms with Gasteiger partial charge in [-0.2, -0.15) is 0 Å². The molecule has 0 amide bonds. The van der Waals surface area contributed by atoms with Crippen LogP contribution < -0.4 is 14.8 Å². The number of methoxy groups -OCH3 is 2. The third-order valence-corrected chi connectivity index (χ3v) is 3.06. The number of rotatable bonds is 5. The van der Waals surface area contributed by atoms with Gasteiger partial charge in [-0.05, 0) is 12.1 Å². The van der Waals surface area contributed by atoms with Gasteiger partial charge in [0, 0.05) is 12.3 Å². The molecule has 0 aliphatic carbocycles. The van der Waals surface area contributed by atoms with Gasteiger partial charge in [0.1, 0.15) is 5.69 Å². The fraction of sp³-hybridized carbons (Fsp3) is 0.214. The second kappa shape index (κ2) is 6.43. The minimum Gasteiger partial charge on any atom is -0.493 e. The number of hydrogen-bond donors (Lipinski definition) is 1. The molecule has 0 unspecified atom stereocenters. The first-order valence-corrected chi connectivity index (χ1v) is 6.29. The van der Waals surface area contributed by atoms with Crippen molar-refractivity contribution in [2.45, 2.75) is 6.54 Å². The highest BCUT2D eigenvalue weighted by molar-refractivity contribution is 6.31. The van der Waals surface area contributed by atoms with Crippen molar-refractivity contribution in [1.29, 1.82) is 0 Å². The molecule has 1 N–H and O–H groups in total. The number of anilines is 1. The molecule has 0 bridgehead atoms. The summed E-state index contributed by atoms with van der Waals surface area (Å²) in [6.07, 6.45) is 1.60. The van der Waals surface area contributed by atoms with Gasteiger partial charge in [0.2, 0.25) is 0 Å². The van der Waals surface area contributed by atoms with Gasteiger partial charge in [0.15, 0.2) is 17.3 Å². The minimum atomic E-state index is -0.490. The van der Waals surface area contributed by atoms with Crippen molar-refractivity contribution in [1.82, 2.24) is 4.98 Å². The molecule has 1 aromatic heterocycles. The van der Waals surface area contributed by atoms with E-state index in [0.29, 0.717) is 22.9 Å². The molecule has 106 valence electrons. The number of halogens is 2. The monoisotopic (exact) mass is 296 g/mol. The average Bonchev–Trinajstić information content (AvgIpc) is 2.48. The van der Waals surface area contributed by atoms with Crippen LogP contribution in [0.15, 0.2) is 30.5 Å². The maximum absolute atomic E-state index is 13.8. The maximum atomic E-state index is 13.8. The van der Waals surface area contributed by atoms with Crippen molar-refractivity contribution in [2.75, 3.05) is 19.5 Å². The zero-order chi connectivity index (χ0) is 14.5. The summed E-state index contributed by atoms with van der Waals surface area (Å²) >= 11 is 5.73. The molecule has 0 fully saturated rings. The third-order valence-electron chi connectivity index (χ3n) is 2.76. The van der Waals surface area contributed by atoms with Crippen LogP contribution in [0.5, 0.6) is 11.5 Å². The Morgan fingerprint density at radius 1 is 1.25 bits per heavy atom. The van der Waals surface area contributed by atoms with Crippen molar-refractivity contribution in [3.63, 3.8) is 0 Å². The molecule has 0 aliphatic rings. The molecule has 0 saturated carbocycles. The van der Waals surface area contributed by atoms with Crippen LogP contribution in [0, 0.1) is 5.82 Å². The lowest BCUT2D eigenvalue weighted by Gasteiger charge is -2.13. The summed E-state index contributed by atoms with van der Waals surface area (Å²) in [5.41, 5.74) is 0.926. The smallest absolute Gasteiger partial charge is 0.184 e. The fourth-order valence-electron chi connectivity index (χ4n) is 1.80. The molecule has 20 heavy (non-hydrogen) atoms. The van der Waals surface area contributed by atoms with Crippen molar-refractivity contribution in [2.24, 2.45) is 0 Å². The maximum Gasteiger partial charge on any atom is 0.184 e. The van der Waals surface area contributed by atoms with E-state index >= 15 is 0 Å². The van der Waals surface area contributed by atoms with Crippen LogP contribution in [0.1, 0.15) is 5.69 Å². The van der Waals surface area contributed by atoms with E-state index in [-0.39, 0.29) is 11.6 Å². The van der Waals surface area contributed by atoms with Gasteiger partial charge >= 0.3 is 0 Å². The lowest BCUT2D eigenvalue weighted by Crippen LogP contribution is -2.06. The minimum absolute atomic E-state index is 0.0700. The molecule has 1 aromatic carbocycles. The molecule has 0 saturated heterocycles. The van der Waals surface area contributed by atoms with Crippen LogP contribution in [-0.2, 0) is 6.54 Å². The second-order valence-electron chi connectivity index (χ2n) is 3.95. The normalized spacial score (nSPS) is 10.2. The molecular weight excluding hydrogens is 283 g/mol. The number of aromatic nitrogens is 1. The van der Waals surface area contributed by atoms with Gasteiger partial charge in [-0.3, -0.25) is 4.98 Å². The van der Waals surface area contributed by atoms with Crippen molar-refractivity contribution in [3.8, 4) is 11.5 Å². The quantitative estimate of drug-likeness (QED) is 0.917. The molecular formula is C14H14ClFN2O2. The summed E-state index contributed by atoms with van der Waals surface area (Å²) in [5, 5.41) is 3.01. The molecule has 0 spiro atoms. The van der Waals surface area contributed by atoms with Gasteiger partial charge in [0.05, 0.1) is 31.5 Å². The summed E-state index contributed by atoms with van der Waals surface area (Å²) in [6.45, 7) is 0.289. The Morgan fingerprint density at radius 2 is 2.05 bits per heavy atom. The summed E-state index contributed by atoms with van der Waals surface area (Å²) in [6, 6.07) is 6.46. The van der Waals surface area contributed by atoms with Gasteiger partial charge < -0.3 is 14.8 Å². The van der Waals surface area contributed by atoms with E-state index in [1.807, 2.05) is 0 Å². The van der Waals surface area contributed by atoms with Crippen LogP contribution >= 0.6 is 11.6 Å². The molecule has 2 rings (SSSR count). The Labute approximate surface area is 121 Å². The van der Waals surface area contributed by atoms with Crippen molar-refractivity contribution >= 4 is 17.3 Å².